The maximum Gasteiger partial charge on any atom is 0.255 e. The molecule has 0 fully saturated rings. The Labute approximate surface area is 204 Å². The van der Waals surface area contributed by atoms with Gasteiger partial charge >= 0.3 is 0 Å². The first kappa shape index (κ1) is 22.4. The summed E-state index contributed by atoms with van der Waals surface area (Å²) < 4.78 is 0. The van der Waals surface area contributed by atoms with Crippen LogP contribution in [0.2, 0.25) is 20.1 Å². The zero-order valence-electron chi connectivity index (χ0n) is 16.3. The van der Waals surface area contributed by atoms with Crippen LogP contribution in [0.4, 0.5) is 11.4 Å². The van der Waals surface area contributed by atoms with Gasteiger partial charge in [0.15, 0.2) is 0 Å². The smallest absolute Gasteiger partial charge is 0.255 e. The molecule has 0 atom stereocenters. The van der Waals surface area contributed by atoms with Gasteiger partial charge in [-0.2, -0.15) is 0 Å². The average molecular weight is 504 g/mol. The highest BCUT2D eigenvalue weighted by Gasteiger charge is 2.15. The van der Waals surface area contributed by atoms with E-state index >= 15 is 0 Å². The molecule has 4 nitrogen and oxygen atoms in total. The molecule has 4 rings (SSSR count). The monoisotopic (exact) mass is 502 g/mol. The third kappa shape index (κ3) is 5.17. The third-order valence-electron chi connectivity index (χ3n) is 4.63. The van der Waals surface area contributed by atoms with Crippen LogP contribution in [0.1, 0.15) is 20.7 Å². The van der Waals surface area contributed by atoms with Gasteiger partial charge in [0.2, 0.25) is 0 Å². The van der Waals surface area contributed by atoms with Crippen molar-refractivity contribution in [2.24, 2.45) is 0 Å². The number of carbonyl (C=O) groups excluding carboxylic acids is 2. The summed E-state index contributed by atoms with van der Waals surface area (Å²) in [4.78, 5) is 25.8. The minimum Gasteiger partial charge on any atom is -0.320 e. The van der Waals surface area contributed by atoms with Crippen LogP contribution in [0.25, 0.3) is 10.8 Å². The topological polar surface area (TPSA) is 58.2 Å². The largest absolute Gasteiger partial charge is 0.320 e. The summed E-state index contributed by atoms with van der Waals surface area (Å²) in [6.45, 7) is 0. The van der Waals surface area contributed by atoms with E-state index in [1.54, 1.807) is 12.1 Å². The van der Waals surface area contributed by atoms with Gasteiger partial charge in [-0.05, 0) is 59.3 Å². The molecule has 0 aliphatic heterocycles. The fraction of sp³-hybridized carbons (Fsp3) is 0. The molecular formula is C24H14Cl4N2O2. The molecule has 0 aliphatic rings. The van der Waals surface area contributed by atoms with Crippen molar-refractivity contribution >= 4 is 80.4 Å². The van der Waals surface area contributed by atoms with Crippen LogP contribution in [0, 0.1) is 0 Å². The molecule has 4 aromatic rings. The van der Waals surface area contributed by atoms with Crippen molar-refractivity contribution in [3.8, 4) is 0 Å². The quantitative estimate of drug-likeness (QED) is 0.296. The molecule has 160 valence electrons. The van der Waals surface area contributed by atoms with Gasteiger partial charge in [-0.25, -0.2) is 0 Å². The number of anilines is 2. The second kappa shape index (κ2) is 9.39. The van der Waals surface area contributed by atoms with E-state index in [1.807, 2.05) is 24.3 Å². The van der Waals surface area contributed by atoms with Gasteiger partial charge in [-0.3, -0.25) is 9.59 Å². The van der Waals surface area contributed by atoms with Crippen LogP contribution < -0.4 is 10.6 Å². The second-order valence-electron chi connectivity index (χ2n) is 6.97. The molecule has 8 heteroatoms. The Balaban J connectivity index is 1.71. The summed E-state index contributed by atoms with van der Waals surface area (Å²) >= 11 is 24.1. The summed E-state index contributed by atoms with van der Waals surface area (Å²) in [7, 11) is 0. The Bertz CT molecular complexity index is 1230. The molecule has 32 heavy (non-hydrogen) atoms. The molecule has 2 amide bonds. The zero-order chi connectivity index (χ0) is 22.8. The Morgan fingerprint density at radius 1 is 0.531 bits per heavy atom. The maximum absolute atomic E-state index is 12.9. The van der Waals surface area contributed by atoms with Gasteiger partial charge < -0.3 is 10.6 Å². The fourth-order valence-electron chi connectivity index (χ4n) is 3.21. The third-order valence-corrected chi connectivity index (χ3v) is 5.50. The van der Waals surface area contributed by atoms with Crippen LogP contribution in [-0.2, 0) is 0 Å². The molecule has 0 saturated heterocycles. The van der Waals surface area contributed by atoms with Crippen LogP contribution in [0.5, 0.6) is 0 Å². The molecule has 2 N–H and O–H groups in total. The molecule has 0 aromatic heterocycles. The fourth-order valence-corrected chi connectivity index (χ4v) is 4.26. The first-order valence-corrected chi connectivity index (χ1v) is 10.9. The van der Waals surface area contributed by atoms with Crippen molar-refractivity contribution in [2.75, 3.05) is 10.6 Å². The molecule has 0 aliphatic carbocycles. The van der Waals surface area contributed by atoms with Crippen molar-refractivity contribution in [2.45, 2.75) is 0 Å². The van der Waals surface area contributed by atoms with E-state index in [0.29, 0.717) is 31.5 Å². The Morgan fingerprint density at radius 2 is 0.875 bits per heavy atom. The molecule has 0 spiro atoms. The number of carbonyl (C=O) groups is 2. The Hall–Kier alpha value is -2.76. The predicted octanol–water partition coefficient (Wildman–Crippen LogP) is 7.96. The van der Waals surface area contributed by atoms with E-state index in [2.05, 4.69) is 10.6 Å². The zero-order valence-corrected chi connectivity index (χ0v) is 19.3. The van der Waals surface area contributed by atoms with Crippen LogP contribution in [0.3, 0.4) is 0 Å². The lowest BCUT2D eigenvalue weighted by Gasteiger charge is -2.15. The van der Waals surface area contributed by atoms with Crippen molar-refractivity contribution in [3.63, 3.8) is 0 Å². The highest BCUT2D eigenvalue weighted by molar-refractivity contribution is 6.36. The average Bonchev–Trinajstić information content (AvgIpc) is 2.72. The molecule has 0 radical (unpaired) electrons. The number of hydrogen-bond donors (Lipinski definition) is 2. The van der Waals surface area contributed by atoms with E-state index < -0.39 is 11.8 Å². The number of hydrogen-bond acceptors (Lipinski definition) is 2. The minimum absolute atomic E-state index is 0.287. The summed E-state index contributed by atoms with van der Waals surface area (Å²) in [6.07, 6.45) is 0. The van der Waals surface area contributed by atoms with Gasteiger partial charge in [0.1, 0.15) is 0 Å². The second-order valence-corrected chi connectivity index (χ2v) is 8.72. The first-order chi connectivity index (χ1) is 15.3. The number of halogens is 4. The summed E-state index contributed by atoms with van der Waals surface area (Å²) in [5.74, 6) is -0.850. The molecule has 0 unspecified atom stereocenters. The molecular weight excluding hydrogens is 490 g/mol. The van der Waals surface area contributed by atoms with Crippen molar-refractivity contribution in [1.29, 1.82) is 0 Å². The van der Waals surface area contributed by atoms with Crippen LogP contribution >= 0.6 is 46.4 Å². The SMILES string of the molecule is O=C(Nc1cc2ccccc2cc1NC(=O)c1cc(Cl)cc(Cl)c1)c1cc(Cl)cc(Cl)c1. The highest BCUT2D eigenvalue weighted by atomic mass is 35.5. The van der Waals surface area contributed by atoms with E-state index in [-0.39, 0.29) is 11.1 Å². The summed E-state index contributed by atoms with van der Waals surface area (Å²) in [5, 5.41) is 8.79. The Kier molecular flexibility index (Phi) is 6.58. The molecule has 0 saturated carbocycles. The molecule has 4 aromatic carbocycles. The van der Waals surface area contributed by atoms with Gasteiger partial charge in [-0.15, -0.1) is 0 Å². The van der Waals surface area contributed by atoms with E-state index in [9.17, 15) is 9.59 Å². The maximum atomic E-state index is 12.9. The van der Waals surface area contributed by atoms with E-state index in [0.717, 1.165) is 10.8 Å². The van der Waals surface area contributed by atoms with Gasteiger partial charge in [-0.1, -0.05) is 70.7 Å². The lowest BCUT2D eigenvalue weighted by Crippen LogP contribution is -2.17. The van der Waals surface area contributed by atoms with Crippen molar-refractivity contribution < 1.29 is 9.59 Å². The standard InChI is InChI=1S/C24H14Cl4N2O2/c25-17-5-15(6-18(26)11-17)23(31)29-21-9-13-3-1-2-4-14(13)10-22(21)30-24(32)16-7-19(27)12-20(28)8-16/h1-12H,(H,29,31)(H,30,32). The van der Waals surface area contributed by atoms with Crippen LogP contribution in [0.15, 0.2) is 72.8 Å². The Morgan fingerprint density at radius 3 is 1.22 bits per heavy atom. The highest BCUT2D eigenvalue weighted by Crippen LogP contribution is 2.30. The molecule has 0 heterocycles. The number of benzene rings is 4. The lowest BCUT2D eigenvalue weighted by molar-refractivity contribution is 0.101. The lowest BCUT2D eigenvalue weighted by atomic mass is 10.1. The van der Waals surface area contributed by atoms with Crippen molar-refractivity contribution in [1.82, 2.24) is 0 Å². The van der Waals surface area contributed by atoms with Gasteiger partial charge in [0, 0.05) is 31.2 Å². The predicted molar refractivity (Wildman–Crippen MR) is 133 cm³/mol. The normalized spacial score (nSPS) is 10.8. The number of rotatable bonds is 4. The van der Waals surface area contributed by atoms with Crippen molar-refractivity contribution in [3.05, 3.63) is 104 Å². The summed E-state index contributed by atoms with van der Waals surface area (Å²) in [6, 6.07) is 20.3. The van der Waals surface area contributed by atoms with E-state index in [1.165, 1.54) is 36.4 Å². The van der Waals surface area contributed by atoms with Gasteiger partial charge in [0.25, 0.3) is 11.8 Å². The summed E-state index contributed by atoms with van der Waals surface area (Å²) in [5.41, 5.74) is 1.39. The number of nitrogens with one attached hydrogen (secondary N) is 2. The number of fused-ring (bicyclic) bond motifs is 1. The molecule has 0 bridgehead atoms. The first-order valence-electron chi connectivity index (χ1n) is 9.36. The van der Waals surface area contributed by atoms with Gasteiger partial charge in [0.05, 0.1) is 11.4 Å². The van der Waals surface area contributed by atoms with E-state index in [4.69, 9.17) is 46.4 Å². The van der Waals surface area contributed by atoms with Crippen LogP contribution in [-0.4, -0.2) is 11.8 Å². The number of amides is 2. The minimum atomic E-state index is -0.425.